The van der Waals surface area contributed by atoms with Crippen molar-refractivity contribution < 1.29 is 17.9 Å². The summed E-state index contributed by atoms with van der Waals surface area (Å²) in [5.74, 6) is 0. The molecule has 0 aromatic heterocycles. The van der Waals surface area contributed by atoms with Crippen LogP contribution < -0.4 is 11.1 Å². The Kier molecular flexibility index (Phi) is 3.52. The monoisotopic (exact) mass is 198 g/mol. The van der Waals surface area contributed by atoms with Crippen molar-refractivity contribution in [2.24, 2.45) is 5.73 Å². The first kappa shape index (κ1) is 10.7. The zero-order valence-electron chi connectivity index (χ0n) is 7.10. The minimum absolute atomic E-state index is 0.240. The lowest BCUT2D eigenvalue weighted by Crippen LogP contribution is -2.53. The number of ether oxygens (including phenoxy) is 1. The lowest BCUT2D eigenvalue weighted by molar-refractivity contribution is -0.128. The van der Waals surface area contributed by atoms with Gasteiger partial charge < -0.3 is 15.8 Å². The van der Waals surface area contributed by atoms with Crippen LogP contribution in [0, 0.1) is 0 Å². The summed E-state index contributed by atoms with van der Waals surface area (Å²) >= 11 is 0. The molecule has 0 aromatic carbocycles. The Morgan fingerprint density at radius 2 is 2.15 bits per heavy atom. The van der Waals surface area contributed by atoms with Gasteiger partial charge in [0.25, 0.3) is 0 Å². The number of alkyl halides is 3. The molecule has 0 unspecified atom stereocenters. The molecule has 0 bridgehead atoms. The molecule has 1 aliphatic rings. The molecule has 3 N–H and O–H groups in total. The van der Waals surface area contributed by atoms with Crippen molar-refractivity contribution in [1.29, 1.82) is 0 Å². The second-order valence-corrected chi connectivity index (χ2v) is 3.13. The van der Waals surface area contributed by atoms with Gasteiger partial charge >= 0.3 is 6.18 Å². The van der Waals surface area contributed by atoms with Gasteiger partial charge in [-0.25, -0.2) is 0 Å². The van der Waals surface area contributed by atoms with Crippen LogP contribution in [0.15, 0.2) is 0 Å². The fourth-order valence-corrected chi connectivity index (χ4v) is 1.21. The van der Waals surface area contributed by atoms with E-state index in [-0.39, 0.29) is 18.7 Å². The molecular formula is C7H13F3N2O. The van der Waals surface area contributed by atoms with E-state index in [1.54, 1.807) is 0 Å². The van der Waals surface area contributed by atoms with Crippen LogP contribution in [0.25, 0.3) is 0 Å². The summed E-state index contributed by atoms with van der Waals surface area (Å²) in [7, 11) is 0. The van der Waals surface area contributed by atoms with Gasteiger partial charge in [-0.1, -0.05) is 0 Å². The molecule has 0 aromatic rings. The molecule has 1 rings (SSSR count). The highest BCUT2D eigenvalue weighted by atomic mass is 19.4. The molecule has 1 aliphatic heterocycles. The van der Waals surface area contributed by atoms with Crippen LogP contribution in [-0.4, -0.2) is 38.0 Å². The fourth-order valence-electron chi connectivity index (χ4n) is 1.21. The Bertz CT molecular complexity index is 162. The van der Waals surface area contributed by atoms with Crippen molar-refractivity contribution in [1.82, 2.24) is 5.32 Å². The van der Waals surface area contributed by atoms with Gasteiger partial charge in [0.2, 0.25) is 0 Å². The second kappa shape index (κ2) is 4.26. The van der Waals surface area contributed by atoms with Crippen molar-refractivity contribution >= 4 is 0 Å². The molecule has 0 aliphatic carbocycles. The highest BCUT2D eigenvalue weighted by Gasteiger charge is 2.30. The molecule has 0 amide bonds. The van der Waals surface area contributed by atoms with Crippen LogP contribution in [0.3, 0.4) is 0 Å². The van der Waals surface area contributed by atoms with Crippen LogP contribution in [0.5, 0.6) is 0 Å². The summed E-state index contributed by atoms with van der Waals surface area (Å²) < 4.78 is 40.4. The molecule has 1 saturated heterocycles. The number of nitrogens with two attached hydrogens (primary N) is 1. The van der Waals surface area contributed by atoms with Gasteiger partial charge in [-0.15, -0.1) is 0 Å². The minimum atomic E-state index is -4.18. The van der Waals surface area contributed by atoms with Crippen LogP contribution in [0.1, 0.15) is 6.42 Å². The van der Waals surface area contributed by atoms with E-state index in [0.29, 0.717) is 13.0 Å². The van der Waals surface area contributed by atoms with E-state index in [9.17, 15) is 13.2 Å². The summed E-state index contributed by atoms with van der Waals surface area (Å²) in [4.78, 5) is 0. The van der Waals surface area contributed by atoms with Crippen molar-refractivity contribution in [3.05, 3.63) is 0 Å². The lowest BCUT2D eigenvalue weighted by atomic mass is 10.1. The Labute approximate surface area is 74.4 Å². The van der Waals surface area contributed by atoms with Gasteiger partial charge in [0.15, 0.2) is 0 Å². The molecule has 3 nitrogen and oxygen atoms in total. The molecular weight excluding hydrogens is 185 g/mol. The maximum Gasteiger partial charge on any atom is 0.401 e. The molecule has 0 saturated carbocycles. The third-order valence-electron chi connectivity index (χ3n) is 1.97. The van der Waals surface area contributed by atoms with Gasteiger partial charge in [-0.3, -0.25) is 0 Å². The predicted octanol–water partition coefficient (Wildman–Crippen LogP) is 0.254. The van der Waals surface area contributed by atoms with Crippen molar-refractivity contribution in [2.45, 2.75) is 24.7 Å². The smallest absolute Gasteiger partial charge is 0.380 e. The Balaban J connectivity index is 2.27. The molecule has 1 fully saturated rings. The van der Waals surface area contributed by atoms with Crippen molar-refractivity contribution in [3.8, 4) is 0 Å². The number of rotatable bonds is 2. The fraction of sp³-hybridized carbons (Fsp3) is 1.00. The molecule has 0 radical (unpaired) electrons. The first-order chi connectivity index (χ1) is 5.99. The average molecular weight is 198 g/mol. The molecule has 1 heterocycles. The minimum Gasteiger partial charge on any atom is -0.380 e. The lowest BCUT2D eigenvalue weighted by Gasteiger charge is -2.29. The highest BCUT2D eigenvalue weighted by molar-refractivity contribution is 4.82. The van der Waals surface area contributed by atoms with Gasteiger partial charge in [0.05, 0.1) is 13.2 Å². The van der Waals surface area contributed by atoms with Crippen molar-refractivity contribution in [2.75, 3.05) is 19.8 Å². The van der Waals surface area contributed by atoms with Crippen LogP contribution in [0.2, 0.25) is 0 Å². The third-order valence-corrected chi connectivity index (χ3v) is 1.97. The number of hydrogen-bond acceptors (Lipinski definition) is 3. The largest absolute Gasteiger partial charge is 0.401 e. The number of halogens is 3. The zero-order chi connectivity index (χ0) is 9.90. The Hall–Kier alpha value is -0.330. The van der Waals surface area contributed by atoms with Crippen molar-refractivity contribution in [3.63, 3.8) is 0 Å². The van der Waals surface area contributed by atoms with Gasteiger partial charge in [-0.05, 0) is 6.42 Å². The molecule has 0 spiro atoms. The predicted molar refractivity (Wildman–Crippen MR) is 41.3 cm³/mol. The Morgan fingerprint density at radius 1 is 1.46 bits per heavy atom. The summed E-state index contributed by atoms with van der Waals surface area (Å²) in [5, 5.41) is 2.34. The molecule has 13 heavy (non-hydrogen) atoms. The van der Waals surface area contributed by atoms with Gasteiger partial charge in [0.1, 0.15) is 0 Å². The first-order valence-corrected chi connectivity index (χ1v) is 4.12. The summed E-state index contributed by atoms with van der Waals surface area (Å²) in [6.45, 7) is -0.211. The van der Waals surface area contributed by atoms with Crippen LogP contribution in [0.4, 0.5) is 13.2 Å². The summed E-state index contributed by atoms with van der Waals surface area (Å²) in [6.07, 6.45) is -3.58. The SMILES string of the molecule is N[C@@H]1CCOC[C@H]1NCC(F)(F)F. The number of nitrogens with one attached hydrogen (secondary N) is 1. The maximum atomic E-state index is 11.8. The summed E-state index contributed by atoms with van der Waals surface area (Å²) in [5.41, 5.74) is 5.60. The summed E-state index contributed by atoms with van der Waals surface area (Å²) in [6, 6.07) is -0.619. The van der Waals surface area contributed by atoms with Gasteiger partial charge in [0, 0.05) is 18.7 Å². The Morgan fingerprint density at radius 3 is 2.69 bits per heavy atom. The maximum absolute atomic E-state index is 11.8. The highest BCUT2D eigenvalue weighted by Crippen LogP contribution is 2.14. The van der Waals surface area contributed by atoms with E-state index in [2.05, 4.69) is 5.32 Å². The van der Waals surface area contributed by atoms with Crippen LogP contribution >= 0.6 is 0 Å². The topological polar surface area (TPSA) is 47.3 Å². The molecule has 6 heteroatoms. The van der Waals surface area contributed by atoms with E-state index in [1.165, 1.54) is 0 Å². The molecule has 2 atom stereocenters. The second-order valence-electron chi connectivity index (χ2n) is 3.13. The van der Waals surface area contributed by atoms with Gasteiger partial charge in [-0.2, -0.15) is 13.2 Å². The third kappa shape index (κ3) is 3.93. The standard InChI is InChI=1S/C7H13F3N2O/c8-7(9,10)4-12-6-3-13-2-1-5(6)11/h5-6,12H,1-4,11H2/t5-,6-/m1/s1. The van der Waals surface area contributed by atoms with E-state index in [0.717, 1.165) is 0 Å². The van der Waals surface area contributed by atoms with E-state index in [1.807, 2.05) is 0 Å². The van der Waals surface area contributed by atoms with E-state index in [4.69, 9.17) is 10.5 Å². The molecule has 78 valence electrons. The average Bonchev–Trinajstić information content (AvgIpc) is 2.01. The van der Waals surface area contributed by atoms with E-state index >= 15 is 0 Å². The quantitative estimate of drug-likeness (QED) is 0.668. The normalized spacial score (nSPS) is 30.5. The van der Waals surface area contributed by atoms with E-state index < -0.39 is 12.7 Å². The zero-order valence-corrected chi connectivity index (χ0v) is 7.10. The first-order valence-electron chi connectivity index (χ1n) is 4.12. The number of hydrogen-bond donors (Lipinski definition) is 2. The van der Waals surface area contributed by atoms with Crippen LogP contribution in [-0.2, 0) is 4.74 Å².